The topological polar surface area (TPSA) is 3.24 Å². The van der Waals surface area contributed by atoms with Crippen LogP contribution in [-0.4, -0.2) is 29.9 Å². The fourth-order valence-corrected chi connectivity index (χ4v) is 2.29. The van der Waals surface area contributed by atoms with Gasteiger partial charge in [-0.1, -0.05) is 22.9 Å². The lowest BCUT2D eigenvalue weighted by atomic mass is 9.93. The third-order valence-corrected chi connectivity index (χ3v) is 2.87. The lowest BCUT2D eigenvalue weighted by Gasteiger charge is -2.29. The van der Waals surface area contributed by atoms with E-state index < -0.39 is 0 Å². The van der Waals surface area contributed by atoms with Gasteiger partial charge in [0.25, 0.3) is 0 Å². The van der Waals surface area contributed by atoms with Crippen molar-refractivity contribution in [2.75, 3.05) is 20.1 Å². The molecule has 1 unspecified atom stereocenters. The molecule has 0 N–H and O–H groups in total. The van der Waals surface area contributed by atoms with Crippen LogP contribution in [0.15, 0.2) is 0 Å². The van der Waals surface area contributed by atoms with Crippen molar-refractivity contribution in [2.45, 2.75) is 31.0 Å². The smallest absolute Gasteiger partial charge is 0.0120 e. The average molecular weight is 220 g/mol. The molecule has 1 aliphatic rings. The summed E-state index contributed by atoms with van der Waals surface area (Å²) in [6.45, 7) is 4.84. The Kier molecular flexibility index (Phi) is 3.86. The highest BCUT2D eigenvalue weighted by Gasteiger charge is 2.17. The van der Waals surface area contributed by atoms with Crippen LogP contribution in [0.1, 0.15) is 26.2 Å². The van der Waals surface area contributed by atoms with Gasteiger partial charge in [0, 0.05) is 4.83 Å². The quantitative estimate of drug-likeness (QED) is 0.646. The molecule has 0 radical (unpaired) electrons. The van der Waals surface area contributed by atoms with Crippen molar-refractivity contribution in [3.05, 3.63) is 0 Å². The molecule has 1 atom stereocenters. The Morgan fingerprint density at radius 3 is 2.45 bits per heavy atom. The number of rotatable bonds is 2. The number of piperidine rings is 1. The zero-order valence-corrected chi connectivity index (χ0v) is 9.10. The van der Waals surface area contributed by atoms with Gasteiger partial charge in [-0.3, -0.25) is 0 Å². The first-order chi connectivity index (χ1) is 5.18. The third kappa shape index (κ3) is 3.57. The van der Waals surface area contributed by atoms with Gasteiger partial charge in [0.05, 0.1) is 0 Å². The largest absolute Gasteiger partial charge is 0.306 e. The van der Waals surface area contributed by atoms with Crippen LogP contribution in [0.5, 0.6) is 0 Å². The highest BCUT2D eigenvalue weighted by molar-refractivity contribution is 9.09. The van der Waals surface area contributed by atoms with Crippen LogP contribution in [0.2, 0.25) is 0 Å². The van der Waals surface area contributed by atoms with Crippen molar-refractivity contribution in [2.24, 2.45) is 5.92 Å². The minimum atomic E-state index is 0.705. The van der Waals surface area contributed by atoms with E-state index in [1.165, 1.54) is 32.4 Å². The van der Waals surface area contributed by atoms with Crippen molar-refractivity contribution in [3.8, 4) is 0 Å². The molecule has 0 aromatic rings. The summed E-state index contributed by atoms with van der Waals surface area (Å²) < 4.78 is 0. The van der Waals surface area contributed by atoms with E-state index in [4.69, 9.17) is 0 Å². The van der Waals surface area contributed by atoms with Gasteiger partial charge in [0.2, 0.25) is 0 Å². The van der Waals surface area contributed by atoms with E-state index in [2.05, 4.69) is 34.8 Å². The van der Waals surface area contributed by atoms with Crippen LogP contribution < -0.4 is 0 Å². The standard InChI is InChI=1S/C9H18BrN/c1-8(10)7-9-3-5-11(2)6-4-9/h8-9H,3-7H2,1-2H3. The molecule has 0 amide bonds. The molecule has 1 fully saturated rings. The lowest BCUT2D eigenvalue weighted by molar-refractivity contribution is 0.213. The van der Waals surface area contributed by atoms with E-state index in [0.29, 0.717) is 4.83 Å². The third-order valence-electron chi connectivity index (χ3n) is 2.50. The second kappa shape index (κ2) is 4.46. The summed E-state index contributed by atoms with van der Waals surface area (Å²) >= 11 is 3.61. The molecule has 1 saturated heterocycles. The van der Waals surface area contributed by atoms with Crippen LogP contribution in [0, 0.1) is 5.92 Å². The fourth-order valence-electron chi connectivity index (χ4n) is 1.76. The monoisotopic (exact) mass is 219 g/mol. The second-order valence-corrected chi connectivity index (χ2v) is 5.33. The number of nitrogens with zero attached hydrogens (tertiary/aromatic N) is 1. The molecule has 1 heterocycles. The summed E-state index contributed by atoms with van der Waals surface area (Å²) in [7, 11) is 2.22. The van der Waals surface area contributed by atoms with E-state index in [0.717, 1.165) is 5.92 Å². The Morgan fingerprint density at radius 2 is 2.00 bits per heavy atom. The van der Waals surface area contributed by atoms with Gasteiger partial charge in [-0.2, -0.15) is 0 Å². The minimum Gasteiger partial charge on any atom is -0.306 e. The van der Waals surface area contributed by atoms with Crippen LogP contribution >= 0.6 is 15.9 Å². The molecule has 1 aliphatic heterocycles. The molecule has 0 spiro atoms. The van der Waals surface area contributed by atoms with Gasteiger partial charge < -0.3 is 4.90 Å². The lowest BCUT2D eigenvalue weighted by Crippen LogP contribution is -2.30. The summed E-state index contributed by atoms with van der Waals surface area (Å²) in [5, 5.41) is 0. The van der Waals surface area contributed by atoms with E-state index >= 15 is 0 Å². The molecule has 11 heavy (non-hydrogen) atoms. The van der Waals surface area contributed by atoms with E-state index in [9.17, 15) is 0 Å². The number of alkyl halides is 1. The predicted molar refractivity (Wildman–Crippen MR) is 53.2 cm³/mol. The maximum absolute atomic E-state index is 3.61. The normalized spacial score (nSPS) is 25.4. The van der Waals surface area contributed by atoms with Crippen molar-refractivity contribution < 1.29 is 0 Å². The van der Waals surface area contributed by atoms with Crippen LogP contribution in [0.25, 0.3) is 0 Å². The number of hydrogen-bond acceptors (Lipinski definition) is 1. The summed E-state index contributed by atoms with van der Waals surface area (Å²) in [4.78, 5) is 3.13. The summed E-state index contributed by atoms with van der Waals surface area (Å²) in [5.74, 6) is 0.973. The second-order valence-electron chi connectivity index (χ2n) is 3.76. The van der Waals surface area contributed by atoms with Crippen molar-refractivity contribution in [1.29, 1.82) is 0 Å². The van der Waals surface area contributed by atoms with Crippen LogP contribution in [0.4, 0.5) is 0 Å². The first-order valence-corrected chi connectivity index (χ1v) is 5.42. The first-order valence-electron chi connectivity index (χ1n) is 4.51. The van der Waals surface area contributed by atoms with Gasteiger partial charge in [0.1, 0.15) is 0 Å². The van der Waals surface area contributed by atoms with E-state index in [1.54, 1.807) is 0 Å². The summed E-state index contributed by atoms with van der Waals surface area (Å²) in [6.07, 6.45) is 4.15. The van der Waals surface area contributed by atoms with Gasteiger partial charge in [-0.25, -0.2) is 0 Å². The summed E-state index contributed by atoms with van der Waals surface area (Å²) in [6, 6.07) is 0. The molecule has 66 valence electrons. The predicted octanol–water partition coefficient (Wildman–Crippen LogP) is 2.50. The summed E-state index contributed by atoms with van der Waals surface area (Å²) in [5.41, 5.74) is 0. The highest BCUT2D eigenvalue weighted by atomic mass is 79.9. The zero-order valence-electron chi connectivity index (χ0n) is 7.52. The Bertz CT molecular complexity index is 106. The van der Waals surface area contributed by atoms with Crippen molar-refractivity contribution in [1.82, 2.24) is 4.90 Å². The minimum absolute atomic E-state index is 0.705. The Morgan fingerprint density at radius 1 is 1.45 bits per heavy atom. The molecule has 0 aromatic carbocycles. The van der Waals surface area contributed by atoms with Crippen LogP contribution in [0.3, 0.4) is 0 Å². The molecule has 2 heteroatoms. The van der Waals surface area contributed by atoms with Gasteiger partial charge in [-0.05, 0) is 45.3 Å². The van der Waals surface area contributed by atoms with E-state index in [1.807, 2.05) is 0 Å². The van der Waals surface area contributed by atoms with Gasteiger partial charge in [0.15, 0.2) is 0 Å². The highest BCUT2D eigenvalue weighted by Crippen LogP contribution is 2.23. The molecule has 1 rings (SSSR count). The molecular weight excluding hydrogens is 202 g/mol. The molecular formula is C9H18BrN. The van der Waals surface area contributed by atoms with Gasteiger partial charge in [-0.15, -0.1) is 0 Å². The van der Waals surface area contributed by atoms with Crippen molar-refractivity contribution >= 4 is 15.9 Å². The zero-order chi connectivity index (χ0) is 8.27. The average Bonchev–Trinajstić information content (AvgIpc) is 1.93. The molecule has 0 bridgehead atoms. The number of hydrogen-bond donors (Lipinski definition) is 0. The van der Waals surface area contributed by atoms with Crippen LogP contribution in [-0.2, 0) is 0 Å². The first kappa shape index (κ1) is 9.53. The van der Waals surface area contributed by atoms with Gasteiger partial charge >= 0.3 is 0 Å². The number of likely N-dealkylation sites (tertiary alicyclic amines) is 1. The Labute approximate surface area is 78.3 Å². The molecule has 0 aromatic heterocycles. The maximum atomic E-state index is 3.61. The fraction of sp³-hybridized carbons (Fsp3) is 1.00. The Hall–Kier alpha value is 0.440. The van der Waals surface area contributed by atoms with Crippen molar-refractivity contribution in [3.63, 3.8) is 0 Å². The maximum Gasteiger partial charge on any atom is 0.0120 e. The SMILES string of the molecule is CC(Br)CC1CCN(C)CC1. The molecule has 0 aliphatic carbocycles. The molecule has 1 nitrogen and oxygen atoms in total. The Balaban J connectivity index is 2.17. The number of halogens is 1. The van der Waals surface area contributed by atoms with E-state index in [-0.39, 0.29) is 0 Å². The molecule has 0 saturated carbocycles.